The van der Waals surface area contributed by atoms with Crippen LogP contribution in [0.5, 0.6) is 5.75 Å². The molecule has 7 nitrogen and oxygen atoms in total. The van der Waals surface area contributed by atoms with Gasteiger partial charge in [-0.15, -0.1) is 0 Å². The number of benzene rings is 2. The first-order valence-corrected chi connectivity index (χ1v) is 8.20. The van der Waals surface area contributed by atoms with E-state index in [1.54, 1.807) is 55.6 Å². The van der Waals surface area contributed by atoms with Crippen LogP contribution in [-0.4, -0.2) is 28.8 Å². The molecule has 0 radical (unpaired) electrons. The third-order valence-corrected chi connectivity index (χ3v) is 3.81. The van der Waals surface area contributed by atoms with Crippen LogP contribution in [-0.2, 0) is 0 Å². The Labute approximate surface area is 156 Å². The largest absolute Gasteiger partial charge is 0.497 e. The molecule has 27 heavy (non-hydrogen) atoms. The van der Waals surface area contributed by atoms with Crippen molar-refractivity contribution in [1.82, 2.24) is 9.97 Å². The molecule has 2 N–H and O–H groups in total. The lowest BCUT2D eigenvalue weighted by Crippen LogP contribution is -2.13. The summed E-state index contributed by atoms with van der Waals surface area (Å²) in [5.74, 6) is 0.761. The SMILES string of the molecule is COc1ccc(NC(=O)c2cnc(Nc3ccc(C(C)=O)cc3)nc2)cc1. The Hall–Kier alpha value is -3.74. The molecule has 136 valence electrons. The molecule has 0 saturated heterocycles. The molecule has 1 heterocycles. The summed E-state index contributed by atoms with van der Waals surface area (Å²) < 4.78 is 5.08. The van der Waals surface area contributed by atoms with E-state index in [1.807, 2.05) is 0 Å². The summed E-state index contributed by atoms with van der Waals surface area (Å²) in [7, 11) is 1.58. The molecular formula is C20H18N4O3. The van der Waals surface area contributed by atoms with E-state index in [1.165, 1.54) is 19.3 Å². The minimum atomic E-state index is -0.308. The predicted molar refractivity (Wildman–Crippen MR) is 103 cm³/mol. The molecule has 0 aliphatic carbocycles. The number of Topliss-reactive ketones (excluding diaryl/α,β-unsaturated/α-hetero) is 1. The third kappa shape index (κ3) is 4.66. The van der Waals surface area contributed by atoms with Gasteiger partial charge in [-0.3, -0.25) is 9.59 Å². The zero-order valence-electron chi connectivity index (χ0n) is 14.9. The van der Waals surface area contributed by atoms with Crippen LogP contribution in [0.2, 0.25) is 0 Å². The molecule has 2 aromatic carbocycles. The van der Waals surface area contributed by atoms with Gasteiger partial charge in [-0.2, -0.15) is 0 Å². The number of carbonyl (C=O) groups excluding carboxylic acids is 2. The molecule has 0 saturated carbocycles. The van der Waals surface area contributed by atoms with Crippen molar-refractivity contribution in [2.75, 3.05) is 17.7 Å². The Balaban J connectivity index is 1.63. The number of methoxy groups -OCH3 is 1. The lowest BCUT2D eigenvalue weighted by molar-refractivity contribution is 0.101. The highest BCUT2D eigenvalue weighted by molar-refractivity contribution is 6.03. The Morgan fingerprint density at radius 3 is 2.00 bits per heavy atom. The van der Waals surface area contributed by atoms with E-state index in [9.17, 15) is 9.59 Å². The fourth-order valence-corrected chi connectivity index (χ4v) is 2.30. The number of nitrogens with zero attached hydrogens (tertiary/aromatic N) is 2. The van der Waals surface area contributed by atoms with Crippen LogP contribution in [0.3, 0.4) is 0 Å². The summed E-state index contributed by atoms with van der Waals surface area (Å²) in [6.45, 7) is 1.52. The van der Waals surface area contributed by atoms with Crippen molar-refractivity contribution in [1.29, 1.82) is 0 Å². The molecule has 0 aliphatic heterocycles. The summed E-state index contributed by atoms with van der Waals surface area (Å²) in [6, 6.07) is 14.0. The molecule has 0 spiro atoms. The quantitative estimate of drug-likeness (QED) is 0.650. The number of rotatable bonds is 6. The fourth-order valence-electron chi connectivity index (χ4n) is 2.30. The number of hydrogen-bond acceptors (Lipinski definition) is 6. The molecule has 0 atom stereocenters. The predicted octanol–water partition coefficient (Wildman–Crippen LogP) is 3.68. The average molecular weight is 362 g/mol. The Morgan fingerprint density at radius 2 is 1.44 bits per heavy atom. The van der Waals surface area contributed by atoms with Gasteiger partial charge >= 0.3 is 0 Å². The number of nitrogens with one attached hydrogen (secondary N) is 2. The number of hydrogen-bond donors (Lipinski definition) is 2. The van der Waals surface area contributed by atoms with Crippen LogP contribution in [0.1, 0.15) is 27.6 Å². The molecule has 0 fully saturated rings. The maximum Gasteiger partial charge on any atom is 0.258 e. The minimum absolute atomic E-state index is 0.00465. The molecule has 3 aromatic rings. The molecule has 1 aromatic heterocycles. The highest BCUT2D eigenvalue weighted by Crippen LogP contribution is 2.17. The van der Waals surface area contributed by atoms with E-state index in [0.717, 1.165) is 5.69 Å². The van der Waals surface area contributed by atoms with Crippen LogP contribution in [0.15, 0.2) is 60.9 Å². The van der Waals surface area contributed by atoms with Gasteiger partial charge in [0.25, 0.3) is 5.91 Å². The summed E-state index contributed by atoms with van der Waals surface area (Å²) in [6.07, 6.45) is 2.89. The second-order valence-corrected chi connectivity index (χ2v) is 5.74. The van der Waals surface area contributed by atoms with Gasteiger partial charge in [-0.1, -0.05) is 0 Å². The molecule has 7 heteroatoms. The van der Waals surface area contributed by atoms with Gasteiger partial charge in [-0.25, -0.2) is 9.97 Å². The fraction of sp³-hybridized carbons (Fsp3) is 0.100. The van der Waals surface area contributed by atoms with Gasteiger partial charge in [0.1, 0.15) is 5.75 Å². The highest BCUT2D eigenvalue weighted by Gasteiger charge is 2.08. The van der Waals surface area contributed by atoms with Crippen LogP contribution < -0.4 is 15.4 Å². The summed E-state index contributed by atoms with van der Waals surface area (Å²) >= 11 is 0. The van der Waals surface area contributed by atoms with Crippen molar-refractivity contribution in [3.63, 3.8) is 0 Å². The lowest BCUT2D eigenvalue weighted by atomic mass is 10.1. The normalized spacial score (nSPS) is 10.1. The molecule has 3 rings (SSSR count). The van der Waals surface area contributed by atoms with Gasteiger partial charge in [-0.05, 0) is 55.5 Å². The van der Waals surface area contributed by atoms with Crippen molar-refractivity contribution >= 4 is 29.0 Å². The second kappa shape index (κ2) is 8.09. The van der Waals surface area contributed by atoms with Crippen molar-refractivity contribution < 1.29 is 14.3 Å². The summed E-state index contributed by atoms with van der Waals surface area (Å²) in [4.78, 5) is 31.9. The summed E-state index contributed by atoms with van der Waals surface area (Å²) in [5.41, 5.74) is 2.36. The van der Waals surface area contributed by atoms with E-state index in [4.69, 9.17) is 4.74 Å². The van der Waals surface area contributed by atoms with Gasteiger partial charge in [0.15, 0.2) is 5.78 Å². The molecule has 1 amide bonds. The molecule has 0 unspecified atom stereocenters. The number of anilines is 3. The average Bonchev–Trinajstić information content (AvgIpc) is 2.69. The topological polar surface area (TPSA) is 93.2 Å². The summed E-state index contributed by atoms with van der Waals surface area (Å²) in [5, 5.41) is 5.79. The van der Waals surface area contributed by atoms with Gasteiger partial charge < -0.3 is 15.4 Å². The highest BCUT2D eigenvalue weighted by atomic mass is 16.5. The molecule has 0 bridgehead atoms. The monoisotopic (exact) mass is 362 g/mol. The maximum atomic E-state index is 12.3. The molecule has 0 aliphatic rings. The standard InChI is InChI=1S/C20H18N4O3/c1-13(25)14-3-5-17(6-4-14)24-20-21-11-15(12-22-20)19(26)23-16-7-9-18(27-2)10-8-16/h3-12H,1-2H3,(H,23,26)(H,21,22,24). The van der Waals surface area contributed by atoms with E-state index in [-0.39, 0.29) is 11.7 Å². The van der Waals surface area contributed by atoms with Crippen LogP contribution >= 0.6 is 0 Å². The first-order chi connectivity index (χ1) is 13.0. The van der Waals surface area contributed by atoms with E-state index < -0.39 is 0 Å². The Kier molecular flexibility index (Phi) is 5.41. The Bertz CT molecular complexity index is 936. The number of amides is 1. The van der Waals surface area contributed by atoms with Crippen molar-refractivity contribution in [3.05, 3.63) is 72.1 Å². The van der Waals surface area contributed by atoms with Crippen molar-refractivity contribution in [2.24, 2.45) is 0 Å². The van der Waals surface area contributed by atoms with Crippen molar-refractivity contribution in [3.8, 4) is 5.75 Å². The number of ether oxygens (including phenoxy) is 1. The van der Waals surface area contributed by atoms with E-state index in [2.05, 4.69) is 20.6 Å². The second-order valence-electron chi connectivity index (χ2n) is 5.74. The van der Waals surface area contributed by atoms with E-state index >= 15 is 0 Å². The zero-order chi connectivity index (χ0) is 19.2. The Morgan fingerprint density at radius 1 is 0.852 bits per heavy atom. The maximum absolute atomic E-state index is 12.3. The minimum Gasteiger partial charge on any atom is -0.497 e. The van der Waals surface area contributed by atoms with Crippen LogP contribution in [0, 0.1) is 0 Å². The van der Waals surface area contributed by atoms with Gasteiger partial charge in [0.05, 0.1) is 12.7 Å². The van der Waals surface area contributed by atoms with Crippen LogP contribution in [0.4, 0.5) is 17.3 Å². The van der Waals surface area contributed by atoms with Gasteiger partial charge in [0, 0.05) is 29.3 Å². The van der Waals surface area contributed by atoms with Crippen LogP contribution in [0.25, 0.3) is 0 Å². The number of ketones is 1. The molecular weight excluding hydrogens is 344 g/mol. The first kappa shape index (κ1) is 18.1. The smallest absolute Gasteiger partial charge is 0.258 e. The van der Waals surface area contributed by atoms with E-state index in [0.29, 0.717) is 28.5 Å². The van der Waals surface area contributed by atoms with Gasteiger partial charge in [0.2, 0.25) is 5.95 Å². The lowest BCUT2D eigenvalue weighted by Gasteiger charge is -2.08. The number of aromatic nitrogens is 2. The zero-order valence-corrected chi connectivity index (χ0v) is 14.9. The third-order valence-electron chi connectivity index (χ3n) is 3.81. The first-order valence-electron chi connectivity index (χ1n) is 8.20. The van der Waals surface area contributed by atoms with Crippen molar-refractivity contribution in [2.45, 2.75) is 6.92 Å². The number of carbonyl (C=O) groups is 2.